The number of aryl methyl sites for hydroxylation is 1. The molecule has 0 saturated heterocycles. The van der Waals surface area contributed by atoms with Gasteiger partial charge in [0, 0.05) is 17.3 Å². The van der Waals surface area contributed by atoms with E-state index in [-0.39, 0.29) is 29.2 Å². The molecule has 1 saturated carbocycles. The van der Waals surface area contributed by atoms with Gasteiger partial charge in [0.05, 0.1) is 23.4 Å². The zero-order valence-electron chi connectivity index (χ0n) is 14.7. The maximum Gasteiger partial charge on any atom is 0.416 e. The lowest BCUT2D eigenvalue weighted by Crippen LogP contribution is -2.38. The molecule has 0 atom stereocenters. The molecule has 27 heavy (non-hydrogen) atoms. The molecule has 4 N–H and O–H groups in total. The Morgan fingerprint density at radius 3 is 2.48 bits per heavy atom. The third-order valence-corrected chi connectivity index (χ3v) is 4.91. The summed E-state index contributed by atoms with van der Waals surface area (Å²) in [6, 6.07) is 4.85. The zero-order valence-corrected chi connectivity index (χ0v) is 14.7. The van der Waals surface area contributed by atoms with Crippen LogP contribution in [0, 0.1) is 6.92 Å². The van der Waals surface area contributed by atoms with Crippen molar-refractivity contribution in [3.05, 3.63) is 41.0 Å². The van der Waals surface area contributed by atoms with Crippen molar-refractivity contribution in [3.8, 4) is 17.0 Å². The summed E-state index contributed by atoms with van der Waals surface area (Å²) in [4.78, 5) is 8.63. The van der Waals surface area contributed by atoms with Crippen LogP contribution in [0.4, 0.5) is 19.0 Å². The first-order chi connectivity index (χ1) is 12.6. The fraction of sp³-hybridized carbons (Fsp3) is 0.368. The second kappa shape index (κ2) is 6.84. The topological polar surface area (TPSA) is 91.7 Å². The van der Waals surface area contributed by atoms with E-state index < -0.39 is 23.0 Å². The van der Waals surface area contributed by atoms with Gasteiger partial charge in [-0.05, 0) is 56.0 Å². The number of anilines is 1. The number of aliphatic hydroxyl groups excluding tert-OH is 1. The summed E-state index contributed by atoms with van der Waals surface area (Å²) in [6.45, 7) is 1.44. The van der Waals surface area contributed by atoms with Gasteiger partial charge in [0.2, 0.25) is 0 Å². The Labute approximate surface area is 154 Å². The number of benzene rings is 1. The summed E-state index contributed by atoms with van der Waals surface area (Å²) in [6.07, 6.45) is -0.357. The lowest BCUT2D eigenvalue weighted by Gasteiger charge is -2.36. The number of nitrogens with zero attached hydrogens (tertiary/aromatic N) is 2. The zero-order chi connectivity index (χ0) is 19.8. The average Bonchev–Trinajstić information content (AvgIpc) is 2.54. The fourth-order valence-electron chi connectivity index (χ4n) is 3.12. The summed E-state index contributed by atoms with van der Waals surface area (Å²) in [5.41, 5.74) is 5.84. The summed E-state index contributed by atoms with van der Waals surface area (Å²) >= 11 is 0. The molecule has 1 heterocycles. The normalized spacial score (nSPS) is 16.5. The largest absolute Gasteiger partial charge is 0.507 e. The molecule has 144 valence electrons. The highest BCUT2D eigenvalue weighted by Crippen LogP contribution is 2.39. The predicted octanol–water partition coefficient (Wildman–Crippen LogP) is 3.70. The average molecular weight is 379 g/mol. The van der Waals surface area contributed by atoms with E-state index >= 15 is 0 Å². The van der Waals surface area contributed by atoms with Crippen LogP contribution in [0.5, 0.6) is 5.75 Å². The molecule has 8 heteroatoms. The number of aliphatic imine (C=N–C) groups is 1. The Hall–Kier alpha value is -2.61. The second-order valence-electron chi connectivity index (χ2n) is 6.85. The third-order valence-electron chi connectivity index (χ3n) is 4.91. The first-order valence-corrected chi connectivity index (χ1v) is 8.49. The van der Waals surface area contributed by atoms with Crippen LogP contribution in [0.2, 0.25) is 0 Å². The maximum atomic E-state index is 12.9. The number of phenolic OH excluding ortho intramolecular Hbond substituents is 1. The van der Waals surface area contributed by atoms with Gasteiger partial charge in [-0.15, -0.1) is 0 Å². The highest BCUT2D eigenvalue weighted by atomic mass is 19.4. The van der Waals surface area contributed by atoms with E-state index in [0.29, 0.717) is 11.6 Å². The number of phenols is 1. The lowest BCUT2D eigenvalue weighted by atomic mass is 9.78. The molecular weight excluding hydrogens is 359 g/mol. The quantitative estimate of drug-likeness (QED) is 0.707. The van der Waals surface area contributed by atoms with Crippen molar-refractivity contribution in [1.29, 1.82) is 0 Å². The molecule has 1 fully saturated rings. The van der Waals surface area contributed by atoms with Crippen LogP contribution in [0.25, 0.3) is 11.3 Å². The number of hydrogen-bond acceptors (Lipinski definition) is 5. The first kappa shape index (κ1) is 19.2. The lowest BCUT2D eigenvalue weighted by molar-refractivity contribution is -0.137. The number of nitrogen functional groups attached to an aromatic ring is 1. The molecule has 0 radical (unpaired) electrons. The van der Waals surface area contributed by atoms with Gasteiger partial charge in [-0.25, -0.2) is 4.98 Å². The van der Waals surface area contributed by atoms with Crippen LogP contribution in [-0.4, -0.2) is 33.6 Å². The van der Waals surface area contributed by atoms with Crippen molar-refractivity contribution in [3.63, 3.8) is 0 Å². The van der Waals surface area contributed by atoms with E-state index in [4.69, 9.17) is 5.73 Å². The summed E-state index contributed by atoms with van der Waals surface area (Å²) < 4.78 is 38.6. The molecule has 0 spiro atoms. The van der Waals surface area contributed by atoms with Crippen LogP contribution in [0.1, 0.15) is 36.0 Å². The number of nitrogens with two attached hydrogens (primary N) is 1. The molecule has 1 aliphatic carbocycles. The smallest absolute Gasteiger partial charge is 0.416 e. The van der Waals surface area contributed by atoms with E-state index in [1.165, 1.54) is 6.92 Å². The van der Waals surface area contributed by atoms with E-state index in [1.54, 1.807) is 18.3 Å². The van der Waals surface area contributed by atoms with Gasteiger partial charge in [0.25, 0.3) is 0 Å². The number of aliphatic hydroxyl groups is 1. The Morgan fingerprint density at radius 2 is 2.00 bits per heavy atom. The SMILES string of the molecule is Cc1cc(C(F)(F)F)cc(O)c1-c1ccc(C=NC2(CO)CCC2)c(N)n1. The number of rotatable bonds is 4. The van der Waals surface area contributed by atoms with Gasteiger partial charge in [-0.3, -0.25) is 4.99 Å². The van der Waals surface area contributed by atoms with Crippen molar-refractivity contribution >= 4 is 12.0 Å². The van der Waals surface area contributed by atoms with Crippen LogP contribution in [-0.2, 0) is 6.18 Å². The Balaban J connectivity index is 1.93. The van der Waals surface area contributed by atoms with E-state index in [9.17, 15) is 23.4 Å². The molecule has 0 amide bonds. The van der Waals surface area contributed by atoms with E-state index in [0.717, 1.165) is 25.3 Å². The molecule has 1 aromatic carbocycles. The fourth-order valence-corrected chi connectivity index (χ4v) is 3.12. The van der Waals surface area contributed by atoms with Gasteiger partial charge < -0.3 is 15.9 Å². The minimum Gasteiger partial charge on any atom is -0.507 e. The summed E-state index contributed by atoms with van der Waals surface area (Å²) in [5.74, 6) is -0.369. The van der Waals surface area contributed by atoms with Gasteiger partial charge in [0.15, 0.2) is 0 Å². The number of aromatic hydroxyl groups is 1. The first-order valence-electron chi connectivity index (χ1n) is 8.49. The van der Waals surface area contributed by atoms with Crippen LogP contribution in [0.3, 0.4) is 0 Å². The predicted molar refractivity (Wildman–Crippen MR) is 96.8 cm³/mol. The number of hydrogen-bond donors (Lipinski definition) is 3. The van der Waals surface area contributed by atoms with Gasteiger partial charge >= 0.3 is 6.18 Å². The molecule has 2 aromatic rings. The van der Waals surface area contributed by atoms with E-state index in [2.05, 4.69) is 9.98 Å². The Bertz CT molecular complexity index is 862. The van der Waals surface area contributed by atoms with Gasteiger partial charge in [-0.1, -0.05) is 0 Å². The number of halogens is 3. The van der Waals surface area contributed by atoms with Crippen molar-refractivity contribution in [2.75, 3.05) is 12.3 Å². The highest BCUT2D eigenvalue weighted by Gasteiger charge is 2.35. The standard InChI is InChI=1S/C19H20F3N3O2/c1-11-7-13(19(20,21)22)8-15(27)16(11)14-4-3-12(17(23)25-14)9-24-18(10-26)5-2-6-18/h3-4,7-9,26-27H,2,5-6,10H2,1H3,(H2,23,25). The number of pyridine rings is 1. The molecule has 0 unspecified atom stereocenters. The molecule has 0 aliphatic heterocycles. The molecule has 1 aliphatic rings. The minimum atomic E-state index is -4.54. The Morgan fingerprint density at radius 1 is 1.30 bits per heavy atom. The Kier molecular flexibility index (Phi) is 4.86. The van der Waals surface area contributed by atoms with Crippen LogP contribution >= 0.6 is 0 Å². The van der Waals surface area contributed by atoms with Crippen molar-refractivity contribution < 1.29 is 23.4 Å². The van der Waals surface area contributed by atoms with Crippen LogP contribution in [0.15, 0.2) is 29.3 Å². The number of alkyl halides is 3. The monoisotopic (exact) mass is 379 g/mol. The summed E-state index contributed by atoms with van der Waals surface area (Å²) in [7, 11) is 0. The molecule has 1 aromatic heterocycles. The molecule has 3 rings (SSSR count). The van der Waals surface area contributed by atoms with Gasteiger partial charge in [-0.2, -0.15) is 13.2 Å². The minimum absolute atomic E-state index is 0.0342. The molecular formula is C19H20F3N3O2. The van der Waals surface area contributed by atoms with Crippen molar-refractivity contribution in [2.45, 2.75) is 37.9 Å². The molecule has 5 nitrogen and oxygen atoms in total. The third kappa shape index (κ3) is 3.75. The van der Waals surface area contributed by atoms with Crippen molar-refractivity contribution in [2.24, 2.45) is 4.99 Å². The van der Waals surface area contributed by atoms with Crippen molar-refractivity contribution in [1.82, 2.24) is 4.98 Å². The molecule has 0 bridgehead atoms. The number of aromatic nitrogens is 1. The highest BCUT2D eigenvalue weighted by molar-refractivity contribution is 5.87. The second-order valence-corrected chi connectivity index (χ2v) is 6.85. The van der Waals surface area contributed by atoms with Gasteiger partial charge in [0.1, 0.15) is 11.6 Å². The maximum absolute atomic E-state index is 12.9. The van der Waals surface area contributed by atoms with Crippen LogP contribution < -0.4 is 5.73 Å². The van der Waals surface area contributed by atoms with E-state index in [1.807, 2.05) is 0 Å². The summed E-state index contributed by atoms with van der Waals surface area (Å²) in [5, 5.41) is 19.5.